The molecule has 0 spiro atoms. The molecule has 0 aliphatic rings. The molecule has 0 unspecified atom stereocenters. The van der Waals surface area contributed by atoms with Gasteiger partial charge in [-0.25, -0.2) is 9.97 Å². The van der Waals surface area contributed by atoms with Gasteiger partial charge in [0.2, 0.25) is 5.88 Å². The van der Waals surface area contributed by atoms with Gasteiger partial charge in [-0.15, -0.1) is 0 Å². The number of benzene rings is 1. The summed E-state index contributed by atoms with van der Waals surface area (Å²) in [5.41, 5.74) is 2.37. The number of carbonyl (C=O) groups excluding carboxylic acids is 1. The highest BCUT2D eigenvalue weighted by Crippen LogP contribution is 2.19. The van der Waals surface area contributed by atoms with Gasteiger partial charge in [0.25, 0.3) is 5.91 Å². The number of hydrogen-bond acceptors (Lipinski definition) is 4. The van der Waals surface area contributed by atoms with E-state index in [-0.39, 0.29) is 12.5 Å². The molecule has 1 aromatic carbocycles. The van der Waals surface area contributed by atoms with Crippen LogP contribution in [0.2, 0.25) is 5.02 Å². The fourth-order valence-corrected chi connectivity index (χ4v) is 1.70. The summed E-state index contributed by atoms with van der Waals surface area (Å²) in [5.74, 6) is 0.0933. The average Bonchev–Trinajstić information content (AvgIpc) is 2.41. The molecule has 0 saturated heterocycles. The summed E-state index contributed by atoms with van der Waals surface area (Å²) in [6.07, 6.45) is 1.39. The maximum atomic E-state index is 11.7. The molecular weight excluding hydrogens is 278 g/mol. The topological polar surface area (TPSA) is 64.1 Å². The van der Waals surface area contributed by atoms with Crippen LogP contribution in [0.3, 0.4) is 0 Å². The normalized spacial score (nSPS) is 10.2. The van der Waals surface area contributed by atoms with Crippen molar-refractivity contribution >= 4 is 23.2 Å². The molecule has 1 amide bonds. The molecule has 0 atom stereocenters. The largest absolute Gasteiger partial charge is 0.467 e. The second-order valence-electron chi connectivity index (χ2n) is 4.30. The lowest BCUT2D eigenvalue weighted by Crippen LogP contribution is -2.20. The van der Waals surface area contributed by atoms with Gasteiger partial charge >= 0.3 is 0 Å². The Labute approximate surface area is 122 Å². The molecule has 1 aromatic heterocycles. The summed E-state index contributed by atoms with van der Waals surface area (Å²) >= 11 is 5.99. The number of amides is 1. The molecule has 0 fully saturated rings. The van der Waals surface area contributed by atoms with E-state index in [1.165, 1.54) is 6.33 Å². The van der Waals surface area contributed by atoms with Gasteiger partial charge in [0, 0.05) is 22.5 Å². The molecule has 104 valence electrons. The number of aromatic nitrogens is 2. The van der Waals surface area contributed by atoms with Gasteiger partial charge in [-0.05, 0) is 31.5 Å². The average molecular weight is 292 g/mol. The lowest BCUT2D eigenvalue weighted by atomic mass is 10.2. The van der Waals surface area contributed by atoms with Crippen LogP contribution in [0, 0.1) is 13.8 Å². The van der Waals surface area contributed by atoms with E-state index in [4.69, 9.17) is 16.3 Å². The van der Waals surface area contributed by atoms with E-state index in [0.717, 1.165) is 11.3 Å². The minimum Gasteiger partial charge on any atom is -0.467 e. The van der Waals surface area contributed by atoms with Crippen LogP contribution in [0.5, 0.6) is 5.88 Å². The standard InChI is InChI=1S/C14H14ClN3O2/c1-9-3-4-11(6-12(9)15)18-13(19)7-20-14-5-10(2)16-8-17-14/h3-6,8H,7H2,1-2H3,(H,18,19). The third kappa shape index (κ3) is 3.93. The fraction of sp³-hybridized carbons (Fsp3) is 0.214. The van der Waals surface area contributed by atoms with Crippen LogP contribution in [0.25, 0.3) is 0 Å². The molecular formula is C14H14ClN3O2. The first-order valence-corrected chi connectivity index (χ1v) is 6.40. The van der Waals surface area contributed by atoms with Crippen molar-refractivity contribution in [1.29, 1.82) is 0 Å². The molecule has 0 aliphatic heterocycles. The Kier molecular flexibility index (Phi) is 4.53. The van der Waals surface area contributed by atoms with Gasteiger partial charge in [-0.1, -0.05) is 17.7 Å². The van der Waals surface area contributed by atoms with Crippen molar-refractivity contribution in [3.63, 3.8) is 0 Å². The van der Waals surface area contributed by atoms with E-state index >= 15 is 0 Å². The van der Waals surface area contributed by atoms with E-state index in [1.807, 2.05) is 19.9 Å². The van der Waals surface area contributed by atoms with Gasteiger partial charge in [0.1, 0.15) is 6.33 Å². The van der Waals surface area contributed by atoms with E-state index in [2.05, 4.69) is 15.3 Å². The first-order chi connectivity index (χ1) is 9.54. The first-order valence-electron chi connectivity index (χ1n) is 6.02. The summed E-state index contributed by atoms with van der Waals surface area (Å²) in [5, 5.41) is 3.31. The van der Waals surface area contributed by atoms with Crippen molar-refractivity contribution < 1.29 is 9.53 Å². The van der Waals surface area contributed by atoms with E-state index in [9.17, 15) is 4.79 Å². The van der Waals surface area contributed by atoms with Crippen molar-refractivity contribution in [3.05, 3.63) is 46.9 Å². The summed E-state index contributed by atoms with van der Waals surface area (Å²) in [4.78, 5) is 19.6. The Morgan fingerprint density at radius 3 is 2.80 bits per heavy atom. The molecule has 0 bridgehead atoms. The van der Waals surface area contributed by atoms with Gasteiger partial charge in [0.05, 0.1) is 0 Å². The number of nitrogens with zero attached hydrogens (tertiary/aromatic N) is 2. The van der Waals surface area contributed by atoms with E-state index in [1.54, 1.807) is 18.2 Å². The van der Waals surface area contributed by atoms with E-state index < -0.39 is 0 Å². The molecule has 5 nitrogen and oxygen atoms in total. The number of carbonyl (C=O) groups is 1. The fourth-order valence-electron chi connectivity index (χ4n) is 1.52. The third-order valence-electron chi connectivity index (χ3n) is 2.59. The van der Waals surface area contributed by atoms with Gasteiger partial charge in [-0.2, -0.15) is 0 Å². The quantitative estimate of drug-likeness (QED) is 0.941. The Morgan fingerprint density at radius 2 is 2.10 bits per heavy atom. The number of hydrogen-bond donors (Lipinski definition) is 1. The molecule has 1 heterocycles. The zero-order valence-corrected chi connectivity index (χ0v) is 11.9. The zero-order valence-electron chi connectivity index (χ0n) is 11.2. The minimum absolute atomic E-state index is 0.123. The molecule has 6 heteroatoms. The number of ether oxygens (including phenoxy) is 1. The molecule has 0 saturated carbocycles. The molecule has 2 aromatic rings. The van der Waals surface area contributed by atoms with Crippen LogP contribution in [0.4, 0.5) is 5.69 Å². The lowest BCUT2D eigenvalue weighted by molar-refractivity contribution is -0.118. The number of anilines is 1. The summed E-state index contributed by atoms with van der Waals surface area (Å²) in [6.45, 7) is 3.60. The smallest absolute Gasteiger partial charge is 0.262 e. The van der Waals surface area contributed by atoms with E-state index in [0.29, 0.717) is 16.6 Å². The van der Waals surface area contributed by atoms with Crippen molar-refractivity contribution in [1.82, 2.24) is 9.97 Å². The Hall–Kier alpha value is -2.14. The first kappa shape index (κ1) is 14.3. The summed E-state index contributed by atoms with van der Waals surface area (Å²) in [6, 6.07) is 6.99. The molecule has 0 radical (unpaired) electrons. The summed E-state index contributed by atoms with van der Waals surface area (Å²) in [7, 11) is 0. The Morgan fingerprint density at radius 1 is 1.30 bits per heavy atom. The maximum absolute atomic E-state index is 11.7. The number of halogens is 1. The second-order valence-corrected chi connectivity index (χ2v) is 4.71. The molecule has 2 rings (SSSR count). The van der Waals surface area contributed by atoms with Crippen molar-refractivity contribution in [3.8, 4) is 5.88 Å². The SMILES string of the molecule is Cc1cc(OCC(=O)Nc2ccc(C)c(Cl)c2)ncn1. The highest BCUT2D eigenvalue weighted by molar-refractivity contribution is 6.31. The van der Waals surface area contributed by atoms with Crippen molar-refractivity contribution in [2.75, 3.05) is 11.9 Å². The zero-order chi connectivity index (χ0) is 14.5. The minimum atomic E-state index is -0.277. The number of aryl methyl sites for hydroxylation is 2. The Bertz CT molecular complexity index is 632. The lowest BCUT2D eigenvalue weighted by Gasteiger charge is -2.08. The van der Waals surface area contributed by atoms with Crippen LogP contribution < -0.4 is 10.1 Å². The number of rotatable bonds is 4. The maximum Gasteiger partial charge on any atom is 0.262 e. The predicted octanol–water partition coefficient (Wildman–Crippen LogP) is 2.76. The monoisotopic (exact) mass is 291 g/mol. The van der Waals surface area contributed by atoms with Gasteiger partial charge in [0.15, 0.2) is 6.61 Å². The predicted molar refractivity (Wildman–Crippen MR) is 77.1 cm³/mol. The molecule has 0 aliphatic carbocycles. The second kappa shape index (κ2) is 6.34. The van der Waals surface area contributed by atoms with Crippen LogP contribution in [0.1, 0.15) is 11.3 Å². The Balaban J connectivity index is 1.91. The summed E-state index contributed by atoms with van der Waals surface area (Å²) < 4.78 is 5.28. The van der Waals surface area contributed by atoms with Gasteiger partial charge in [-0.3, -0.25) is 4.79 Å². The van der Waals surface area contributed by atoms with Gasteiger partial charge < -0.3 is 10.1 Å². The third-order valence-corrected chi connectivity index (χ3v) is 2.99. The molecule has 20 heavy (non-hydrogen) atoms. The molecule has 1 N–H and O–H groups in total. The van der Waals surface area contributed by atoms with Crippen LogP contribution in [-0.4, -0.2) is 22.5 Å². The highest BCUT2D eigenvalue weighted by atomic mass is 35.5. The van der Waals surface area contributed by atoms with Crippen molar-refractivity contribution in [2.24, 2.45) is 0 Å². The van der Waals surface area contributed by atoms with Crippen LogP contribution in [-0.2, 0) is 4.79 Å². The van der Waals surface area contributed by atoms with Crippen molar-refractivity contribution in [2.45, 2.75) is 13.8 Å². The van der Waals surface area contributed by atoms with Crippen LogP contribution in [0.15, 0.2) is 30.6 Å². The number of nitrogens with one attached hydrogen (secondary N) is 1. The highest BCUT2D eigenvalue weighted by Gasteiger charge is 2.06. The van der Waals surface area contributed by atoms with Crippen LogP contribution >= 0.6 is 11.6 Å².